The van der Waals surface area contributed by atoms with Gasteiger partial charge in [-0.25, -0.2) is 0 Å². The number of carbonyl (C=O) groups is 1. The molecule has 1 heterocycles. The standard InChI is InChI=1S/C12H20N2O2/c1-9(2)8-14-10(5-6-13-14)12(3,4)7-11(15)16/h5-6,9H,7-8H2,1-4H3,(H,15,16). The van der Waals surface area contributed by atoms with Crippen LogP contribution < -0.4 is 0 Å². The molecule has 0 radical (unpaired) electrons. The summed E-state index contributed by atoms with van der Waals surface area (Å²) in [6.07, 6.45) is 1.86. The molecular formula is C12H20N2O2. The van der Waals surface area contributed by atoms with Crippen molar-refractivity contribution in [1.82, 2.24) is 9.78 Å². The summed E-state index contributed by atoms with van der Waals surface area (Å²) in [5, 5.41) is 13.1. The predicted octanol–water partition coefficient (Wildman–Crippen LogP) is 2.29. The topological polar surface area (TPSA) is 55.1 Å². The third kappa shape index (κ3) is 3.08. The lowest BCUT2D eigenvalue weighted by Gasteiger charge is -2.24. The fourth-order valence-corrected chi connectivity index (χ4v) is 1.87. The van der Waals surface area contributed by atoms with Gasteiger partial charge in [0.05, 0.1) is 6.42 Å². The van der Waals surface area contributed by atoms with E-state index in [0.717, 1.165) is 12.2 Å². The van der Waals surface area contributed by atoms with Crippen molar-refractivity contribution >= 4 is 5.97 Å². The maximum absolute atomic E-state index is 10.8. The van der Waals surface area contributed by atoms with Crippen LogP contribution in [0.25, 0.3) is 0 Å². The van der Waals surface area contributed by atoms with Gasteiger partial charge in [-0.2, -0.15) is 5.10 Å². The largest absolute Gasteiger partial charge is 0.481 e. The van der Waals surface area contributed by atoms with Crippen LogP contribution in [0, 0.1) is 5.92 Å². The Balaban J connectivity index is 2.94. The van der Waals surface area contributed by atoms with Crippen molar-refractivity contribution in [2.24, 2.45) is 5.92 Å². The Morgan fingerprint density at radius 3 is 2.69 bits per heavy atom. The molecule has 0 unspecified atom stereocenters. The first-order valence-corrected chi connectivity index (χ1v) is 5.57. The molecule has 1 rings (SSSR count). The van der Waals surface area contributed by atoms with E-state index >= 15 is 0 Å². The minimum absolute atomic E-state index is 0.122. The van der Waals surface area contributed by atoms with Crippen molar-refractivity contribution in [1.29, 1.82) is 0 Å². The summed E-state index contributed by atoms with van der Waals surface area (Å²) < 4.78 is 1.91. The lowest BCUT2D eigenvalue weighted by molar-refractivity contribution is -0.138. The second kappa shape index (κ2) is 4.68. The molecule has 0 spiro atoms. The monoisotopic (exact) mass is 224 g/mol. The van der Waals surface area contributed by atoms with E-state index in [4.69, 9.17) is 5.11 Å². The van der Waals surface area contributed by atoms with E-state index in [2.05, 4.69) is 18.9 Å². The van der Waals surface area contributed by atoms with Crippen molar-refractivity contribution in [2.75, 3.05) is 0 Å². The summed E-state index contributed by atoms with van der Waals surface area (Å²) in [6, 6.07) is 1.91. The van der Waals surface area contributed by atoms with Crippen molar-refractivity contribution in [3.8, 4) is 0 Å². The third-order valence-corrected chi connectivity index (χ3v) is 2.54. The summed E-state index contributed by atoms with van der Waals surface area (Å²) >= 11 is 0. The molecule has 0 aromatic carbocycles. The van der Waals surface area contributed by atoms with Crippen molar-refractivity contribution in [2.45, 2.75) is 46.1 Å². The summed E-state index contributed by atoms with van der Waals surface area (Å²) in [5.41, 5.74) is 0.612. The van der Waals surface area contributed by atoms with Crippen molar-refractivity contribution in [3.63, 3.8) is 0 Å². The lowest BCUT2D eigenvalue weighted by Crippen LogP contribution is -2.26. The Morgan fingerprint density at radius 1 is 1.56 bits per heavy atom. The minimum atomic E-state index is -0.776. The van der Waals surface area contributed by atoms with E-state index in [1.807, 2.05) is 24.6 Å². The molecule has 4 nitrogen and oxygen atoms in total. The molecule has 0 amide bonds. The summed E-state index contributed by atoms with van der Waals surface area (Å²) in [4.78, 5) is 10.8. The van der Waals surface area contributed by atoms with Gasteiger partial charge in [0.15, 0.2) is 0 Å². The SMILES string of the molecule is CC(C)Cn1nccc1C(C)(C)CC(=O)O. The van der Waals surface area contributed by atoms with E-state index in [9.17, 15) is 4.79 Å². The molecule has 0 fully saturated rings. The number of hydrogen-bond donors (Lipinski definition) is 1. The van der Waals surface area contributed by atoms with E-state index in [1.54, 1.807) is 6.20 Å². The molecule has 0 bridgehead atoms. The zero-order valence-electron chi connectivity index (χ0n) is 10.4. The molecule has 0 aliphatic heterocycles. The second-order valence-electron chi connectivity index (χ2n) is 5.25. The highest BCUT2D eigenvalue weighted by Gasteiger charge is 2.27. The van der Waals surface area contributed by atoms with Crippen LogP contribution in [0.2, 0.25) is 0 Å². The fourth-order valence-electron chi connectivity index (χ4n) is 1.87. The average molecular weight is 224 g/mol. The lowest BCUT2D eigenvalue weighted by atomic mass is 9.85. The average Bonchev–Trinajstić information content (AvgIpc) is 2.48. The van der Waals surface area contributed by atoms with Gasteiger partial charge in [0, 0.05) is 23.9 Å². The molecule has 0 aliphatic rings. The summed E-state index contributed by atoms with van der Waals surface area (Å²) in [7, 11) is 0. The number of nitrogens with zero attached hydrogens (tertiary/aromatic N) is 2. The van der Waals surface area contributed by atoms with Gasteiger partial charge in [-0.15, -0.1) is 0 Å². The molecular weight excluding hydrogens is 204 g/mol. The van der Waals surface area contributed by atoms with Crippen LogP contribution in [0.15, 0.2) is 12.3 Å². The first kappa shape index (κ1) is 12.7. The Morgan fingerprint density at radius 2 is 2.19 bits per heavy atom. The van der Waals surface area contributed by atoms with Gasteiger partial charge >= 0.3 is 5.97 Å². The first-order chi connectivity index (χ1) is 7.33. The van der Waals surface area contributed by atoms with Gasteiger partial charge in [-0.3, -0.25) is 9.48 Å². The van der Waals surface area contributed by atoms with Gasteiger partial charge in [-0.05, 0) is 12.0 Å². The molecule has 16 heavy (non-hydrogen) atoms. The van der Waals surface area contributed by atoms with Gasteiger partial charge in [0.25, 0.3) is 0 Å². The molecule has 1 aromatic heterocycles. The van der Waals surface area contributed by atoms with Crippen molar-refractivity contribution < 1.29 is 9.90 Å². The zero-order chi connectivity index (χ0) is 12.3. The van der Waals surface area contributed by atoms with Gasteiger partial charge in [-0.1, -0.05) is 27.7 Å². The van der Waals surface area contributed by atoms with Crippen LogP contribution in [0.3, 0.4) is 0 Å². The number of carboxylic acids is 1. The van der Waals surface area contributed by atoms with Crippen LogP contribution >= 0.6 is 0 Å². The van der Waals surface area contributed by atoms with Gasteiger partial charge in [0.2, 0.25) is 0 Å². The highest BCUT2D eigenvalue weighted by atomic mass is 16.4. The van der Waals surface area contributed by atoms with E-state index in [0.29, 0.717) is 5.92 Å². The molecule has 0 saturated heterocycles. The molecule has 4 heteroatoms. The molecule has 1 aromatic rings. The number of carboxylic acid groups (broad SMARTS) is 1. The third-order valence-electron chi connectivity index (χ3n) is 2.54. The van der Waals surface area contributed by atoms with Crippen molar-refractivity contribution in [3.05, 3.63) is 18.0 Å². The molecule has 0 aliphatic carbocycles. The van der Waals surface area contributed by atoms with Crippen LogP contribution in [0.1, 0.15) is 39.8 Å². The summed E-state index contributed by atoms with van der Waals surface area (Å²) in [5.74, 6) is -0.276. The second-order valence-corrected chi connectivity index (χ2v) is 5.25. The maximum atomic E-state index is 10.8. The first-order valence-electron chi connectivity index (χ1n) is 5.57. The molecule has 0 atom stereocenters. The number of rotatable bonds is 5. The van der Waals surface area contributed by atoms with E-state index in [1.165, 1.54) is 0 Å². The smallest absolute Gasteiger partial charge is 0.304 e. The Bertz CT molecular complexity index is 367. The molecule has 90 valence electrons. The van der Waals surface area contributed by atoms with Crippen LogP contribution in [0.4, 0.5) is 0 Å². The fraction of sp³-hybridized carbons (Fsp3) is 0.667. The van der Waals surface area contributed by atoms with Gasteiger partial charge in [0.1, 0.15) is 0 Å². The predicted molar refractivity (Wildman–Crippen MR) is 62.3 cm³/mol. The normalized spacial score (nSPS) is 12.1. The number of hydrogen-bond acceptors (Lipinski definition) is 2. The highest BCUT2D eigenvalue weighted by Crippen LogP contribution is 2.27. The van der Waals surface area contributed by atoms with Crippen LogP contribution in [0.5, 0.6) is 0 Å². The highest BCUT2D eigenvalue weighted by molar-refractivity contribution is 5.68. The van der Waals surface area contributed by atoms with Gasteiger partial charge < -0.3 is 5.11 Å². The number of aromatic nitrogens is 2. The Kier molecular flexibility index (Phi) is 3.73. The molecule has 0 saturated carbocycles. The molecule has 1 N–H and O–H groups in total. The van der Waals surface area contributed by atoms with Crippen LogP contribution in [-0.2, 0) is 16.8 Å². The maximum Gasteiger partial charge on any atom is 0.304 e. The van der Waals surface area contributed by atoms with E-state index < -0.39 is 5.97 Å². The van der Waals surface area contributed by atoms with E-state index in [-0.39, 0.29) is 11.8 Å². The van der Waals surface area contributed by atoms with Crippen LogP contribution in [-0.4, -0.2) is 20.9 Å². The quantitative estimate of drug-likeness (QED) is 0.834. The Hall–Kier alpha value is -1.32. The number of aliphatic carboxylic acids is 1. The Labute approximate surface area is 96.3 Å². The zero-order valence-corrected chi connectivity index (χ0v) is 10.4. The summed E-state index contributed by atoms with van der Waals surface area (Å²) in [6.45, 7) is 8.95. The minimum Gasteiger partial charge on any atom is -0.481 e.